The van der Waals surface area contributed by atoms with E-state index in [9.17, 15) is 0 Å². The van der Waals surface area contributed by atoms with Gasteiger partial charge in [-0.3, -0.25) is 0 Å². The Bertz CT molecular complexity index is 267. The second-order valence-electron chi connectivity index (χ2n) is 6.69. The number of nitrogens with one attached hydrogen (secondary N) is 2. The summed E-state index contributed by atoms with van der Waals surface area (Å²) in [5.74, 6) is 1.64. The highest BCUT2D eigenvalue weighted by molar-refractivity contribution is 5.03. The molecule has 0 spiro atoms. The van der Waals surface area contributed by atoms with Gasteiger partial charge in [-0.15, -0.1) is 0 Å². The minimum Gasteiger partial charge on any atom is -0.378 e. The van der Waals surface area contributed by atoms with Crippen LogP contribution in [0.2, 0.25) is 0 Å². The fourth-order valence-corrected chi connectivity index (χ4v) is 3.38. The molecular weight excluding hydrogens is 224 g/mol. The Balaban J connectivity index is 1.74. The average Bonchev–Trinajstić information content (AvgIpc) is 2.35. The van der Waals surface area contributed by atoms with Crippen LogP contribution in [0, 0.1) is 17.3 Å². The lowest BCUT2D eigenvalue weighted by Gasteiger charge is -2.52. The summed E-state index contributed by atoms with van der Waals surface area (Å²) in [5.41, 5.74) is 0.298. The minimum absolute atomic E-state index is 0.298. The van der Waals surface area contributed by atoms with E-state index in [0.29, 0.717) is 17.6 Å². The quantitative estimate of drug-likeness (QED) is 0.787. The molecule has 0 aromatic carbocycles. The minimum atomic E-state index is 0.298. The zero-order valence-electron chi connectivity index (χ0n) is 12.5. The molecule has 4 unspecified atom stereocenters. The van der Waals surface area contributed by atoms with Gasteiger partial charge < -0.3 is 15.4 Å². The smallest absolute Gasteiger partial charge is 0.0655 e. The summed E-state index contributed by atoms with van der Waals surface area (Å²) in [6.07, 6.45) is 2.95. The first-order chi connectivity index (χ1) is 8.55. The van der Waals surface area contributed by atoms with Gasteiger partial charge in [0.25, 0.3) is 0 Å². The summed E-state index contributed by atoms with van der Waals surface area (Å²) in [4.78, 5) is 0. The second kappa shape index (κ2) is 5.89. The molecule has 0 aromatic heterocycles. The molecule has 1 aliphatic heterocycles. The normalized spacial score (nSPS) is 39.3. The Kier molecular flexibility index (Phi) is 4.68. The summed E-state index contributed by atoms with van der Waals surface area (Å²) in [5, 5.41) is 7.26. The van der Waals surface area contributed by atoms with Gasteiger partial charge in [0.1, 0.15) is 0 Å². The van der Waals surface area contributed by atoms with Crippen LogP contribution in [0.15, 0.2) is 0 Å². The van der Waals surface area contributed by atoms with Gasteiger partial charge in [-0.1, -0.05) is 20.8 Å². The summed E-state index contributed by atoms with van der Waals surface area (Å²) in [6.45, 7) is 13.5. The van der Waals surface area contributed by atoms with E-state index in [1.165, 1.54) is 32.5 Å². The third-order valence-corrected chi connectivity index (χ3v) is 5.13. The molecule has 1 saturated carbocycles. The van der Waals surface area contributed by atoms with Gasteiger partial charge in [0, 0.05) is 18.1 Å². The van der Waals surface area contributed by atoms with E-state index in [1.54, 1.807) is 0 Å². The molecule has 0 radical (unpaired) electrons. The van der Waals surface area contributed by atoms with Crippen LogP contribution >= 0.6 is 0 Å². The van der Waals surface area contributed by atoms with Crippen LogP contribution in [-0.4, -0.2) is 38.4 Å². The van der Waals surface area contributed by atoms with Crippen LogP contribution in [-0.2, 0) is 4.74 Å². The first-order valence-electron chi connectivity index (χ1n) is 7.61. The predicted octanol–water partition coefficient (Wildman–Crippen LogP) is 2.03. The Hall–Kier alpha value is -0.120. The molecular formula is C15H30N2O. The highest BCUT2D eigenvalue weighted by atomic mass is 16.5. The van der Waals surface area contributed by atoms with Gasteiger partial charge in [0.15, 0.2) is 0 Å². The summed E-state index contributed by atoms with van der Waals surface area (Å²) < 4.78 is 5.79. The van der Waals surface area contributed by atoms with E-state index in [-0.39, 0.29) is 0 Å². The number of piperidine rings is 1. The lowest BCUT2D eigenvalue weighted by Crippen LogP contribution is -2.61. The summed E-state index contributed by atoms with van der Waals surface area (Å²) in [6, 6.07) is 0.635. The van der Waals surface area contributed by atoms with E-state index < -0.39 is 0 Å². The van der Waals surface area contributed by atoms with E-state index in [1.807, 2.05) is 0 Å². The third-order valence-electron chi connectivity index (χ3n) is 5.13. The van der Waals surface area contributed by atoms with Crippen molar-refractivity contribution in [3.8, 4) is 0 Å². The van der Waals surface area contributed by atoms with Gasteiger partial charge in [-0.25, -0.2) is 0 Å². The van der Waals surface area contributed by atoms with Gasteiger partial charge in [0.2, 0.25) is 0 Å². The van der Waals surface area contributed by atoms with Crippen molar-refractivity contribution in [3.63, 3.8) is 0 Å². The van der Waals surface area contributed by atoms with Crippen molar-refractivity contribution in [2.24, 2.45) is 17.3 Å². The van der Waals surface area contributed by atoms with Crippen molar-refractivity contribution in [1.29, 1.82) is 0 Å². The number of hydrogen-bond acceptors (Lipinski definition) is 3. The highest BCUT2D eigenvalue weighted by Crippen LogP contribution is 2.42. The molecule has 2 rings (SSSR count). The van der Waals surface area contributed by atoms with Crippen LogP contribution in [0.25, 0.3) is 0 Å². The maximum Gasteiger partial charge on any atom is 0.0655 e. The third kappa shape index (κ3) is 2.89. The first kappa shape index (κ1) is 14.3. The van der Waals surface area contributed by atoms with Crippen LogP contribution in [0.4, 0.5) is 0 Å². The Labute approximate surface area is 112 Å². The molecule has 3 nitrogen and oxygen atoms in total. The Morgan fingerprint density at radius 1 is 1.39 bits per heavy atom. The lowest BCUT2D eigenvalue weighted by molar-refractivity contribution is -0.115. The SMILES string of the molecule is CCOC1CC(NCC2CCNCC2C)C1(C)C. The molecule has 1 aliphatic carbocycles. The Morgan fingerprint density at radius 2 is 2.17 bits per heavy atom. The molecule has 0 bridgehead atoms. The van der Waals surface area contributed by atoms with Crippen molar-refractivity contribution in [2.75, 3.05) is 26.2 Å². The van der Waals surface area contributed by atoms with E-state index in [0.717, 1.165) is 18.4 Å². The first-order valence-corrected chi connectivity index (χ1v) is 7.61. The zero-order valence-corrected chi connectivity index (χ0v) is 12.5. The molecule has 18 heavy (non-hydrogen) atoms. The predicted molar refractivity (Wildman–Crippen MR) is 75.7 cm³/mol. The van der Waals surface area contributed by atoms with Crippen molar-refractivity contribution in [2.45, 2.75) is 52.7 Å². The molecule has 1 heterocycles. The Morgan fingerprint density at radius 3 is 2.78 bits per heavy atom. The highest BCUT2D eigenvalue weighted by Gasteiger charge is 2.48. The van der Waals surface area contributed by atoms with Crippen molar-refractivity contribution in [3.05, 3.63) is 0 Å². The van der Waals surface area contributed by atoms with E-state index >= 15 is 0 Å². The maximum absolute atomic E-state index is 5.79. The van der Waals surface area contributed by atoms with Crippen LogP contribution < -0.4 is 10.6 Å². The average molecular weight is 254 g/mol. The van der Waals surface area contributed by atoms with Crippen LogP contribution in [0.3, 0.4) is 0 Å². The molecule has 0 amide bonds. The van der Waals surface area contributed by atoms with Gasteiger partial charge in [-0.2, -0.15) is 0 Å². The number of hydrogen-bond donors (Lipinski definition) is 2. The molecule has 3 heteroatoms. The van der Waals surface area contributed by atoms with Gasteiger partial charge in [-0.05, 0) is 51.2 Å². The molecule has 0 aromatic rings. The molecule has 2 fully saturated rings. The molecule has 2 N–H and O–H groups in total. The van der Waals surface area contributed by atoms with Crippen molar-refractivity contribution >= 4 is 0 Å². The lowest BCUT2D eigenvalue weighted by atomic mass is 9.64. The zero-order chi connectivity index (χ0) is 13.2. The van der Waals surface area contributed by atoms with Gasteiger partial charge in [0.05, 0.1) is 6.10 Å². The maximum atomic E-state index is 5.79. The molecule has 1 saturated heterocycles. The van der Waals surface area contributed by atoms with E-state index in [2.05, 4.69) is 38.3 Å². The summed E-state index contributed by atoms with van der Waals surface area (Å²) >= 11 is 0. The summed E-state index contributed by atoms with van der Waals surface area (Å²) in [7, 11) is 0. The van der Waals surface area contributed by atoms with Crippen molar-refractivity contribution < 1.29 is 4.74 Å². The number of rotatable bonds is 5. The topological polar surface area (TPSA) is 33.3 Å². The monoisotopic (exact) mass is 254 g/mol. The standard InChI is InChI=1S/C15H30N2O/c1-5-18-14-8-13(15(14,3)4)17-10-12-6-7-16-9-11(12)2/h11-14,16-17H,5-10H2,1-4H3. The van der Waals surface area contributed by atoms with Crippen molar-refractivity contribution in [1.82, 2.24) is 10.6 Å². The molecule has 106 valence electrons. The van der Waals surface area contributed by atoms with Gasteiger partial charge >= 0.3 is 0 Å². The largest absolute Gasteiger partial charge is 0.378 e. The fraction of sp³-hybridized carbons (Fsp3) is 1.00. The van der Waals surface area contributed by atoms with Crippen LogP contribution in [0.1, 0.15) is 40.5 Å². The molecule has 2 aliphatic rings. The fourth-order valence-electron chi connectivity index (χ4n) is 3.38. The van der Waals surface area contributed by atoms with Crippen LogP contribution in [0.5, 0.6) is 0 Å². The van der Waals surface area contributed by atoms with E-state index in [4.69, 9.17) is 4.74 Å². The number of ether oxygens (including phenoxy) is 1. The molecule has 4 atom stereocenters. The second-order valence-corrected chi connectivity index (χ2v) is 6.69.